The molecule has 1 atom stereocenters. The van der Waals surface area contributed by atoms with E-state index in [9.17, 15) is 14.4 Å². The van der Waals surface area contributed by atoms with E-state index < -0.39 is 6.04 Å². The van der Waals surface area contributed by atoms with E-state index in [0.717, 1.165) is 24.8 Å². The zero-order chi connectivity index (χ0) is 15.0. The Morgan fingerprint density at radius 2 is 2.19 bits per heavy atom. The van der Waals surface area contributed by atoms with Crippen LogP contribution in [0.5, 0.6) is 0 Å². The van der Waals surface area contributed by atoms with Gasteiger partial charge in [0, 0.05) is 12.2 Å². The summed E-state index contributed by atoms with van der Waals surface area (Å²) in [5.74, 6) is -0.965. The average Bonchev–Trinajstić information content (AvgIpc) is 3.25. The second kappa shape index (κ2) is 5.27. The molecule has 6 heteroatoms. The maximum atomic E-state index is 12.7. The Balaban J connectivity index is 1.88. The summed E-state index contributed by atoms with van der Waals surface area (Å²) >= 11 is 0. The van der Waals surface area contributed by atoms with Crippen molar-refractivity contribution in [2.24, 2.45) is 0 Å². The van der Waals surface area contributed by atoms with Crippen LogP contribution in [0.25, 0.3) is 0 Å². The van der Waals surface area contributed by atoms with Crippen molar-refractivity contribution in [2.75, 3.05) is 0 Å². The van der Waals surface area contributed by atoms with Gasteiger partial charge in [0.25, 0.3) is 5.91 Å². The molecule has 0 bridgehead atoms. The third-order valence-corrected chi connectivity index (χ3v) is 3.91. The predicted octanol–water partition coefficient (Wildman–Crippen LogP) is 0.664. The summed E-state index contributed by atoms with van der Waals surface area (Å²) in [4.78, 5) is 41.6. The molecular formula is C15H17N3O3. The first-order valence-electron chi connectivity index (χ1n) is 7.21. The largest absolute Gasteiger partial charge is 0.322 e. The first-order chi connectivity index (χ1) is 10.1. The molecule has 1 aliphatic carbocycles. The molecule has 0 radical (unpaired) electrons. The number of hydrogen-bond acceptors (Lipinski definition) is 4. The molecule has 1 aromatic rings. The first kappa shape index (κ1) is 13.7. The van der Waals surface area contributed by atoms with Gasteiger partial charge in [-0.05, 0) is 37.0 Å². The lowest BCUT2D eigenvalue weighted by Crippen LogP contribution is -2.46. The van der Waals surface area contributed by atoms with Crippen molar-refractivity contribution in [3.63, 3.8) is 0 Å². The molecule has 1 aromatic heterocycles. The molecular weight excluding hydrogens is 270 g/mol. The molecule has 2 fully saturated rings. The van der Waals surface area contributed by atoms with Crippen LogP contribution in [-0.2, 0) is 16.0 Å². The smallest absolute Gasteiger partial charge is 0.273 e. The molecule has 110 valence electrons. The first-order valence-corrected chi connectivity index (χ1v) is 7.21. The van der Waals surface area contributed by atoms with Crippen molar-refractivity contribution < 1.29 is 14.4 Å². The van der Waals surface area contributed by atoms with E-state index in [1.807, 2.05) is 13.0 Å². The highest BCUT2D eigenvalue weighted by molar-refractivity contribution is 6.08. The van der Waals surface area contributed by atoms with Gasteiger partial charge in [0.2, 0.25) is 11.8 Å². The Morgan fingerprint density at radius 3 is 2.76 bits per heavy atom. The number of pyridine rings is 1. The average molecular weight is 287 g/mol. The van der Waals surface area contributed by atoms with Gasteiger partial charge < -0.3 is 4.90 Å². The molecule has 6 nitrogen and oxygen atoms in total. The molecule has 0 aromatic carbocycles. The predicted molar refractivity (Wildman–Crippen MR) is 74.4 cm³/mol. The highest BCUT2D eigenvalue weighted by Crippen LogP contribution is 2.32. The molecule has 1 N–H and O–H groups in total. The van der Waals surface area contributed by atoms with Crippen LogP contribution >= 0.6 is 0 Å². The Bertz CT molecular complexity index is 610. The van der Waals surface area contributed by atoms with Crippen LogP contribution in [0.15, 0.2) is 18.3 Å². The number of amides is 3. The van der Waals surface area contributed by atoms with Crippen molar-refractivity contribution in [1.29, 1.82) is 0 Å². The van der Waals surface area contributed by atoms with Crippen molar-refractivity contribution >= 4 is 17.7 Å². The summed E-state index contributed by atoms with van der Waals surface area (Å²) in [5, 5.41) is 2.27. The summed E-state index contributed by atoms with van der Waals surface area (Å²) in [6, 6.07) is 2.98. The number of nitrogens with zero attached hydrogens (tertiary/aromatic N) is 2. The lowest BCUT2D eigenvalue weighted by molar-refractivity contribution is -0.126. The standard InChI is InChI=1S/C15H17N3O3/c1-2-9-5-6-16-11(7-9)15(21)18(10-3-4-10)12-8-13(19)17-14(12)20/h5-7,10,12H,2-4,8H2,1H3,(H,17,19,20). The molecule has 2 aliphatic rings. The molecule has 3 rings (SSSR count). The fourth-order valence-corrected chi connectivity index (χ4v) is 2.62. The van der Waals surface area contributed by atoms with E-state index in [1.54, 1.807) is 17.2 Å². The molecule has 2 heterocycles. The Labute approximate surface area is 122 Å². The van der Waals surface area contributed by atoms with Gasteiger partial charge in [-0.15, -0.1) is 0 Å². The van der Waals surface area contributed by atoms with E-state index in [2.05, 4.69) is 10.3 Å². The molecule has 1 saturated carbocycles. The van der Waals surface area contributed by atoms with Gasteiger partial charge in [0.1, 0.15) is 11.7 Å². The summed E-state index contributed by atoms with van der Waals surface area (Å²) < 4.78 is 0. The lowest BCUT2D eigenvalue weighted by atomic mass is 10.1. The Hall–Kier alpha value is -2.24. The summed E-state index contributed by atoms with van der Waals surface area (Å²) in [5.41, 5.74) is 1.37. The van der Waals surface area contributed by atoms with Crippen molar-refractivity contribution in [1.82, 2.24) is 15.2 Å². The van der Waals surface area contributed by atoms with Gasteiger partial charge >= 0.3 is 0 Å². The molecule has 1 unspecified atom stereocenters. The lowest BCUT2D eigenvalue weighted by Gasteiger charge is -2.26. The van der Waals surface area contributed by atoms with E-state index >= 15 is 0 Å². The quantitative estimate of drug-likeness (QED) is 0.825. The monoisotopic (exact) mass is 287 g/mol. The minimum absolute atomic E-state index is 0.0474. The molecule has 1 aliphatic heterocycles. The fourth-order valence-electron chi connectivity index (χ4n) is 2.62. The van der Waals surface area contributed by atoms with Crippen LogP contribution in [-0.4, -0.2) is 39.7 Å². The van der Waals surface area contributed by atoms with Crippen molar-refractivity contribution in [3.8, 4) is 0 Å². The summed E-state index contributed by atoms with van der Waals surface area (Å²) in [6.45, 7) is 2.01. The van der Waals surface area contributed by atoms with Gasteiger partial charge in [-0.3, -0.25) is 24.7 Å². The van der Waals surface area contributed by atoms with Crippen LogP contribution in [0.3, 0.4) is 0 Å². The van der Waals surface area contributed by atoms with Crippen LogP contribution in [0.1, 0.15) is 42.2 Å². The third-order valence-electron chi connectivity index (χ3n) is 3.91. The number of aryl methyl sites for hydroxylation is 1. The van der Waals surface area contributed by atoms with Gasteiger partial charge in [-0.2, -0.15) is 0 Å². The van der Waals surface area contributed by atoms with E-state index in [4.69, 9.17) is 0 Å². The van der Waals surface area contributed by atoms with E-state index in [-0.39, 0.29) is 30.2 Å². The zero-order valence-corrected chi connectivity index (χ0v) is 11.8. The number of carbonyl (C=O) groups is 3. The van der Waals surface area contributed by atoms with E-state index in [1.165, 1.54) is 0 Å². The van der Waals surface area contributed by atoms with Gasteiger partial charge in [0.05, 0.1) is 6.42 Å². The van der Waals surface area contributed by atoms with Crippen LogP contribution < -0.4 is 5.32 Å². The van der Waals surface area contributed by atoms with Gasteiger partial charge in [-0.25, -0.2) is 0 Å². The second-order valence-electron chi connectivity index (χ2n) is 5.48. The topological polar surface area (TPSA) is 79.4 Å². The minimum atomic E-state index is -0.690. The second-order valence-corrected chi connectivity index (χ2v) is 5.48. The highest BCUT2D eigenvalue weighted by Gasteiger charge is 2.45. The van der Waals surface area contributed by atoms with Crippen LogP contribution in [0.2, 0.25) is 0 Å². The number of hydrogen-bond donors (Lipinski definition) is 1. The SMILES string of the molecule is CCc1ccnc(C(=O)N(C2CC2)C2CC(=O)NC2=O)c1. The summed E-state index contributed by atoms with van der Waals surface area (Å²) in [6.07, 6.45) is 4.22. The maximum Gasteiger partial charge on any atom is 0.273 e. The Kier molecular flexibility index (Phi) is 3.45. The number of aromatic nitrogens is 1. The van der Waals surface area contributed by atoms with E-state index in [0.29, 0.717) is 5.69 Å². The van der Waals surface area contributed by atoms with Crippen molar-refractivity contribution in [3.05, 3.63) is 29.6 Å². The normalized spacial score (nSPS) is 21.3. The number of nitrogens with one attached hydrogen (secondary N) is 1. The number of imide groups is 1. The molecule has 1 saturated heterocycles. The van der Waals surface area contributed by atoms with Crippen LogP contribution in [0.4, 0.5) is 0 Å². The third kappa shape index (κ3) is 2.66. The molecule has 0 spiro atoms. The Morgan fingerprint density at radius 1 is 1.43 bits per heavy atom. The van der Waals surface area contributed by atoms with Crippen LogP contribution in [0, 0.1) is 0 Å². The summed E-state index contributed by atoms with van der Waals surface area (Å²) in [7, 11) is 0. The van der Waals surface area contributed by atoms with Gasteiger partial charge in [0.15, 0.2) is 0 Å². The maximum absolute atomic E-state index is 12.7. The zero-order valence-electron chi connectivity index (χ0n) is 11.8. The van der Waals surface area contributed by atoms with Gasteiger partial charge in [-0.1, -0.05) is 6.92 Å². The van der Waals surface area contributed by atoms with Crippen molar-refractivity contribution in [2.45, 2.75) is 44.7 Å². The minimum Gasteiger partial charge on any atom is -0.322 e. The fraction of sp³-hybridized carbons (Fsp3) is 0.467. The molecule has 3 amide bonds. The highest BCUT2D eigenvalue weighted by atomic mass is 16.2. The number of rotatable bonds is 4. The molecule has 21 heavy (non-hydrogen) atoms. The number of carbonyl (C=O) groups excluding carboxylic acids is 3.